The standard InChI is InChI=1S/C16H20N4.2Y.2Zn/c1-11(17)8-13(3)19-15-6-5-7-16(10-15)20-14(4)9-12(2)18;;;;/h5-10,17-18H,1-4H3;;;;/q-2;;;;/b11-8-,12-9-,19-13?,20-14?;;;;/i/hD2. The topological polar surface area (TPSA) is 72.3 Å². The Morgan fingerprint density at radius 2 is 1.25 bits per heavy atom. The minimum atomic E-state index is 0. The normalized spacial score (nSPS) is 13.0. The van der Waals surface area contributed by atoms with Crippen LogP contribution < -0.4 is 0 Å². The van der Waals surface area contributed by atoms with Crippen molar-refractivity contribution in [1.29, 1.82) is 0 Å². The maximum absolute atomic E-state index is 6.92. The van der Waals surface area contributed by atoms with E-state index in [9.17, 15) is 0 Å². The van der Waals surface area contributed by atoms with Crippen molar-refractivity contribution in [2.45, 2.75) is 27.7 Å². The molecule has 1 aromatic carbocycles. The molecule has 0 unspecified atom stereocenters. The molecule has 0 bridgehead atoms. The molecule has 4 nitrogen and oxygen atoms in total. The van der Waals surface area contributed by atoms with Gasteiger partial charge in [-0.05, 0) is 32.0 Å². The number of aliphatic imine (C=N–C) groups is 2. The summed E-state index contributed by atoms with van der Waals surface area (Å²) in [6.45, 7) is 7.22. The molecule has 2 radical (unpaired) electrons. The summed E-state index contributed by atoms with van der Waals surface area (Å²) in [4.78, 5) is 8.91. The Morgan fingerprint density at radius 1 is 0.875 bits per heavy atom. The third-order valence-corrected chi connectivity index (χ3v) is 2.28. The van der Waals surface area contributed by atoms with E-state index in [4.69, 9.17) is 2.82 Å². The second kappa shape index (κ2) is 17.5. The average molecular weight is 579 g/mol. The zero-order valence-electron chi connectivity index (χ0n) is 16.8. The van der Waals surface area contributed by atoms with Gasteiger partial charge in [0.05, 0.1) is 11.4 Å². The number of nitrogens with one attached hydrogen (secondary N) is 2. The van der Waals surface area contributed by atoms with E-state index in [0.717, 1.165) is 22.8 Å². The van der Waals surface area contributed by atoms with Gasteiger partial charge in [0.25, 0.3) is 0 Å². The van der Waals surface area contributed by atoms with E-state index in [1.807, 2.05) is 38.1 Å². The molecule has 0 amide bonds. The van der Waals surface area contributed by atoms with Gasteiger partial charge in [0.15, 0.2) is 0 Å². The second-order valence-corrected chi connectivity index (χ2v) is 4.60. The van der Waals surface area contributed by atoms with Gasteiger partial charge in [0, 0.05) is 116 Å². The molecule has 0 heterocycles. The minimum absolute atomic E-state index is 0. The van der Waals surface area contributed by atoms with Gasteiger partial charge in [-0.15, -0.1) is 2.82 Å². The van der Waals surface area contributed by atoms with E-state index >= 15 is 0 Å². The summed E-state index contributed by atoms with van der Waals surface area (Å²) in [6.07, 6.45) is 3.49. The van der Waals surface area contributed by atoms with Crippen LogP contribution in [0.15, 0.2) is 57.8 Å². The zero-order chi connectivity index (χ0) is 16.5. The van der Waals surface area contributed by atoms with Crippen molar-refractivity contribution < 1.29 is 107 Å². The summed E-state index contributed by atoms with van der Waals surface area (Å²) in [7, 11) is 0. The van der Waals surface area contributed by atoms with Gasteiger partial charge in [-0.2, -0.15) is 11.4 Å². The predicted molar refractivity (Wildman–Crippen MR) is 88.1 cm³/mol. The van der Waals surface area contributed by atoms with Crippen LogP contribution in [-0.2, 0) is 104 Å². The number of rotatable bonds is 6. The first-order chi connectivity index (χ1) is 10.4. The van der Waals surface area contributed by atoms with E-state index in [-0.39, 0.29) is 104 Å². The maximum Gasteiger partial charge on any atom is 0.0654 e. The number of nitrogens with zero attached hydrogens (tertiary/aromatic N) is 2. The molecule has 0 saturated heterocycles. The zero-order valence-corrected chi connectivity index (χ0v) is 26.4. The van der Waals surface area contributed by atoms with Crippen LogP contribution in [0.3, 0.4) is 0 Å². The van der Waals surface area contributed by atoms with Gasteiger partial charge < -0.3 is 11.5 Å². The Bertz CT molecular complexity index is 600. The molecule has 24 heavy (non-hydrogen) atoms. The van der Waals surface area contributed by atoms with Crippen LogP contribution >= 0.6 is 0 Å². The summed E-state index contributed by atoms with van der Waals surface area (Å²) in [5, 5.41) is 0. The van der Waals surface area contributed by atoms with Crippen molar-refractivity contribution in [3.05, 3.63) is 59.3 Å². The first-order valence-corrected chi connectivity index (χ1v) is 6.32. The van der Waals surface area contributed by atoms with E-state index in [2.05, 4.69) is 21.4 Å². The summed E-state index contributed by atoms with van der Waals surface area (Å²) in [6, 6.07) is 7.53. The molecule has 8 heteroatoms. The Morgan fingerprint density at radius 3 is 1.58 bits per heavy atom. The van der Waals surface area contributed by atoms with Crippen LogP contribution in [0.5, 0.6) is 0 Å². The SMILES string of the molecule is [2H][N-]/C(C)=C\C(C)=Nc1cccc(N=C(C)/C=C(/C)[N-][2H])c1.[Y].[Y].[Zn].[Zn]. The molecule has 1 rings (SSSR count). The first kappa shape index (κ1) is 27.3. The van der Waals surface area contributed by atoms with E-state index in [0.29, 0.717) is 11.4 Å². The summed E-state index contributed by atoms with van der Waals surface area (Å²) >= 11 is 0. The molecule has 1 aromatic rings. The fraction of sp³-hybridized carbons (Fsp3) is 0.250. The first-order valence-electron chi connectivity index (χ1n) is 7.21. The molecular formula is C16H20N4Y2Zn2-2. The van der Waals surface area contributed by atoms with Crippen molar-refractivity contribution in [3.8, 4) is 0 Å². The Labute approximate surface area is 224 Å². The van der Waals surface area contributed by atoms with Gasteiger partial charge >= 0.3 is 0 Å². The molecule has 0 atom stereocenters. The summed E-state index contributed by atoms with van der Waals surface area (Å²) in [5.41, 5.74) is 11.0. The molecule has 0 fully saturated rings. The van der Waals surface area contributed by atoms with E-state index in [1.165, 1.54) is 0 Å². The minimum Gasteiger partial charge on any atom is -0.702 e. The van der Waals surface area contributed by atoms with Gasteiger partial charge in [-0.3, -0.25) is 9.98 Å². The molecule has 0 aliphatic heterocycles. The van der Waals surface area contributed by atoms with Crippen LogP contribution in [0, 0.1) is 0 Å². The van der Waals surface area contributed by atoms with Gasteiger partial charge in [-0.25, -0.2) is 0 Å². The molecule has 0 spiro atoms. The Hall–Kier alpha value is 1.09. The van der Waals surface area contributed by atoms with Crippen molar-refractivity contribution >= 4 is 22.8 Å². The average Bonchev–Trinajstić information content (AvgIpc) is 2.46. The van der Waals surface area contributed by atoms with E-state index in [1.54, 1.807) is 26.0 Å². The van der Waals surface area contributed by atoms with Gasteiger partial charge in [0.1, 0.15) is 0 Å². The maximum atomic E-state index is 6.92. The number of allylic oxidation sites excluding steroid dienone is 4. The van der Waals surface area contributed by atoms with E-state index < -0.39 is 0 Å². The van der Waals surface area contributed by atoms with Crippen molar-refractivity contribution in [1.82, 2.24) is 0 Å². The second-order valence-electron chi connectivity index (χ2n) is 4.60. The van der Waals surface area contributed by atoms with Crippen molar-refractivity contribution in [3.63, 3.8) is 0 Å². The Balaban J connectivity index is -0.000000605. The van der Waals surface area contributed by atoms with Crippen LogP contribution in [0.25, 0.3) is 11.5 Å². The van der Waals surface area contributed by atoms with Gasteiger partial charge in [0.2, 0.25) is 0 Å². The quantitative estimate of drug-likeness (QED) is 0.304. The van der Waals surface area contributed by atoms with Gasteiger partial charge in [-0.1, -0.05) is 32.1 Å². The third kappa shape index (κ3) is 15.4. The predicted octanol–water partition coefficient (Wildman–Crippen LogP) is 5.77. The van der Waals surface area contributed by atoms with Crippen LogP contribution in [0.2, 0.25) is 2.82 Å². The largest absolute Gasteiger partial charge is 0.702 e. The monoisotopic (exact) mass is 576 g/mol. The third-order valence-electron chi connectivity index (χ3n) is 2.28. The molecular weight excluding hydrogens is 557 g/mol. The van der Waals surface area contributed by atoms with Crippen LogP contribution in [0.4, 0.5) is 11.4 Å². The number of benzene rings is 1. The fourth-order valence-electron chi connectivity index (χ4n) is 1.71. The smallest absolute Gasteiger partial charge is 0.0654 e. The molecule has 0 saturated carbocycles. The van der Waals surface area contributed by atoms with Crippen LogP contribution in [-0.4, -0.2) is 11.4 Å². The molecule has 0 aromatic heterocycles. The number of hydrogen-bond donors (Lipinski definition) is 0. The summed E-state index contributed by atoms with van der Waals surface area (Å²) < 4.78 is 13.8. The molecule has 116 valence electrons. The fourth-order valence-corrected chi connectivity index (χ4v) is 1.71. The van der Waals surface area contributed by atoms with Crippen LogP contribution in [0.1, 0.15) is 27.7 Å². The van der Waals surface area contributed by atoms with Crippen molar-refractivity contribution in [2.75, 3.05) is 0 Å². The van der Waals surface area contributed by atoms with Crippen molar-refractivity contribution in [2.24, 2.45) is 9.98 Å². The summed E-state index contributed by atoms with van der Waals surface area (Å²) in [5.74, 6) is 0. The molecule has 2 N–H and O–H groups in total. The molecule has 0 aliphatic rings. The number of hydrogen-bond acceptors (Lipinski definition) is 2. The Kier molecular flexibility index (Phi) is 19.9. The molecule has 0 aliphatic carbocycles.